The van der Waals surface area contributed by atoms with Crippen molar-refractivity contribution in [1.82, 2.24) is 20.2 Å². The molecule has 0 atom stereocenters. The van der Waals surface area contributed by atoms with Gasteiger partial charge in [0.1, 0.15) is 11.9 Å². The molecule has 0 unspecified atom stereocenters. The largest absolute Gasteiger partial charge is 0.365 e. The van der Waals surface area contributed by atoms with Gasteiger partial charge < -0.3 is 5.73 Å². The lowest BCUT2D eigenvalue weighted by Gasteiger charge is -2.07. The molecule has 0 aliphatic carbocycles. The van der Waals surface area contributed by atoms with E-state index >= 15 is 0 Å². The van der Waals surface area contributed by atoms with E-state index < -0.39 is 11.7 Å². The van der Waals surface area contributed by atoms with Gasteiger partial charge in [-0.15, -0.1) is 5.10 Å². The predicted octanol–water partition coefficient (Wildman–Crippen LogP) is 0.554. The van der Waals surface area contributed by atoms with Gasteiger partial charge in [-0.05, 0) is 22.6 Å². The lowest BCUT2D eigenvalue weighted by molar-refractivity contribution is 0.0996. The summed E-state index contributed by atoms with van der Waals surface area (Å²) in [5, 5.41) is 10.1. The number of amides is 1. The smallest absolute Gasteiger partial charge is 0.253 e. The van der Waals surface area contributed by atoms with Crippen molar-refractivity contribution < 1.29 is 9.18 Å². The maximum absolute atomic E-state index is 13.6. The van der Waals surface area contributed by atoms with Gasteiger partial charge >= 0.3 is 0 Å². The molecule has 0 bridgehead atoms. The van der Waals surface area contributed by atoms with E-state index in [1.807, 2.05) is 0 Å². The molecule has 16 heavy (non-hydrogen) atoms. The van der Waals surface area contributed by atoms with Gasteiger partial charge in [0.2, 0.25) is 0 Å². The average Bonchev–Trinajstić information content (AvgIpc) is 2.74. The quantitative estimate of drug-likeness (QED) is 0.832. The van der Waals surface area contributed by atoms with E-state index in [1.54, 1.807) is 0 Å². The van der Waals surface area contributed by atoms with Crippen LogP contribution in [-0.4, -0.2) is 26.1 Å². The van der Waals surface area contributed by atoms with Gasteiger partial charge in [0.15, 0.2) is 5.82 Å². The second-order valence-electron chi connectivity index (χ2n) is 2.87. The van der Waals surface area contributed by atoms with Crippen LogP contribution in [0.3, 0.4) is 0 Å². The number of hydrogen-bond acceptors (Lipinski definition) is 4. The molecule has 0 aliphatic rings. The minimum Gasteiger partial charge on any atom is -0.365 e. The number of hydrogen-bond donors (Lipinski definition) is 1. The van der Waals surface area contributed by atoms with E-state index in [0.717, 1.165) is 4.68 Å². The molecular formula is C8H5ClFN5O. The van der Waals surface area contributed by atoms with Crippen LogP contribution in [0.2, 0.25) is 5.02 Å². The zero-order valence-corrected chi connectivity index (χ0v) is 8.52. The molecule has 1 amide bonds. The van der Waals surface area contributed by atoms with E-state index in [2.05, 4.69) is 15.5 Å². The summed E-state index contributed by atoms with van der Waals surface area (Å²) in [6.07, 6.45) is 1.22. The molecule has 1 aromatic heterocycles. The molecule has 0 aliphatic heterocycles. The van der Waals surface area contributed by atoms with Gasteiger partial charge in [-0.3, -0.25) is 4.79 Å². The standard InChI is InChI=1S/C8H5ClFN5O/c9-4-1-2-5(15-3-12-13-14-15)6(7(4)10)8(11)16/h1-3H,(H2,11,16). The first-order valence-corrected chi connectivity index (χ1v) is 4.50. The van der Waals surface area contributed by atoms with E-state index in [9.17, 15) is 9.18 Å². The molecular weight excluding hydrogens is 237 g/mol. The number of tetrazole rings is 1. The molecule has 2 rings (SSSR count). The van der Waals surface area contributed by atoms with Crippen LogP contribution in [0, 0.1) is 5.82 Å². The van der Waals surface area contributed by atoms with E-state index in [0.29, 0.717) is 0 Å². The third-order valence-electron chi connectivity index (χ3n) is 1.92. The summed E-state index contributed by atoms with van der Waals surface area (Å²) in [7, 11) is 0. The first kappa shape index (κ1) is 10.5. The van der Waals surface area contributed by atoms with Crippen molar-refractivity contribution in [1.29, 1.82) is 0 Å². The van der Waals surface area contributed by atoms with Crippen molar-refractivity contribution in [3.8, 4) is 5.69 Å². The number of nitrogens with zero attached hydrogens (tertiary/aromatic N) is 4. The van der Waals surface area contributed by atoms with Gasteiger partial charge in [-0.1, -0.05) is 11.6 Å². The minimum absolute atomic E-state index is 0.138. The molecule has 0 spiro atoms. The fraction of sp³-hybridized carbons (Fsp3) is 0. The molecule has 2 aromatic rings. The highest BCUT2D eigenvalue weighted by atomic mass is 35.5. The molecule has 8 heteroatoms. The Hall–Kier alpha value is -2.02. The zero-order chi connectivity index (χ0) is 11.7. The van der Waals surface area contributed by atoms with Crippen LogP contribution in [-0.2, 0) is 0 Å². The summed E-state index contributed by atoms with van der Waals surface area (Å²) in [6, 6.07) is 2.70. The Morgan fingerprint density at radius 2 is 2.25 bits per heavy atom. The predicted molar refractivity (Wildman–Crippen MR) is 52.6 cm³/mol. The second-order valence-corrected chi connectivity index (χ2v) is 3.28. The highest BCUT2D eigenvalue weighted by Crippen LogP contribution is 2.23. The molecule has 0 fully saturated rings. The van der Waals surface area contributed by atoms with Crippen molar-refractivity contribution in [2.75, 3.05) is 0 Å². The molecule has 1 aromatic carbocycles. The first-order valence-electron chi connectivity index (χ1n) is 4.12. The highest BCUT2D eigenvalue weighted by molar-refractivity contribution is 6.31. The van der Waals surface area contributed by atoms with Crippen LogP contribution < -0.4 is 5.73 Å². The molecule has 0 saturated heterocycles. The Morgan fingerprint density at radius 1 is 1.50 bits per heavy atom. The summed E-state index contributed by atoms with van der Waals surface area (Å²) in [5.74, 6) is -1.83. The number of rotatable bonds is 2. The van der Waals surface area contributed by atoms with Crippen LogP contribution in [0.25, 0.3) is 5.69 Å². The van der Waals surface area contributed by atoms with Crippen molar-refractivity contribution in [2.24, 2.45) is 5.73 Å². The Morgan fingerprint density at radius 3 is 2.81 bits per heavy atom. The number of carbonyl (C=O) groups excluding carboxylic acids is 1. The minimum atomic E-state index is -0.939. The number of benzene rings is 1. The number of primary amides is 1. The molecule has 1 heterocycles. The van der Waals surface area contributed by atoms with Crippen LogP contribution in [0.4, 0.5) is 4.39 Å². The van der Waals surface area contributed by atoms with Gasteiger partial charge in [0, 0.05) is 0 Å². The van der Waals surface area contributed by atoms with Crippen LogP contribution >= 0.6 is 11.6 Å². The fourth-order valence-corrected chi connectivity index (χ4v) is 1.39. The Labute approximate surface area is 93.8 Å². The van der Waals surface area contributed by atoms with E-state index in [1.165, 1.54) is 18.5 Å². The summed E-state index contributed by atoms with van der Waals surface area (Å²) < 4.78 is 14.7. The number of nitrogens with two attached hydrogens (primary N) is 1. The van der Waals surface area contributed by atoms with Gasteiger partial charge in [0.25, 0.3) is 5.91 Å². The summed E-state index contributed by atoms with van der Waals surface area (Å²) in [5.41, 5.74) is 4.86. The maximum Gasteiger partial charge on any atom is 0.253 e. The molecule has 0 saturated carbocycles. The summed E-state index contributed by atoms with van der Waals surface area (Å²) >= 11 is 5.55. The molecule has 2 N–H and O–H groups in total. The third kappa shape index (κ3) is 1.61. The topological polar surface area (TPSA) is 86.7 Å². The average molecular weight is 242 g/mol. The zero-order valence-electron chi connectivity index (χ0n) is 7.76. The Bertz CT molecular complexity index is 542. The lowest BCUT2D eigenvalue weighted by atomic mass is 10.1. The van der Waals surface area contributed by atoms with Gasteiger partial charge in [0.05, 0.1) is 10.7 Å². The van der Waals surface area contributed by atoms with Crippen molar-refractivity contribution in [2.45, 2.75) is 0 Å². The Balaban J connectivity index is 2.71. The maximum atomic E-state index is 13.6. The molecule has 0 radical (unpaired) electrons. The van der Waals surface area contributed by atoms with Gasteiger partial charge in [-0.25, -0.2) is 4.39 Å². The van der Waals surface area contributed by atoms with Crippen LogP contribution in [0.1, 0.15) is 10.4 Å². The SMILES string of the molecule is NC(=O)c1c(-n2cnnn2)ccc(Cl)c1F. The van der Waals surface area contributed by atoms with Crippen molar-refractivity contribution >= 4 is 17.5 Å². The third-order valence-corrected chi connectivity index (χ3v) is 2.21. The first-order chi connectivity index (χ1) is 7.61. The summed E-state index contributed by atoms with van der Waals surface area (Å²) in [4.78, 5) is 11.1. The van der Waals surface area contributed by atoms with Gasteiger partial charge in [-0.2, -0.15) is 4.68 Å². The van der Waals surface area contributed by atoms with E-state index in [-0.39, 0.29) is 16.3 Å². The van der Waals surface area contributed by atoms with E-state index in [4.69, 9.17) is 17.3 Å². The van der Waals surface area contributed by atoms with Crippen LogP contribution in [0.15, 0.2) is 18.5 Å². The normalized spacial score (nSPS) is 10.4. The van der Waals surface area contributed by atoms with Crippen molar-refractivity contribution in [3.63, 3.8) is 0 Å². The monoisotopic (exact) mass is 241 g/mol. The second kappa shape index (κ2) is 3.86. The summed E-state index contributed by atoms with van der Waals surface area (Å²) in [6.45, 7) is 0. The van der Waals surface area contributed by atoms with Crippen LogP contribution in [0.5, 0.6) is 0 Å². The molecule has 82 valence electrons. The number of aromatic nitrogens is 4. The number of carbonyl (C=O) groups is 1. The number of halogens is 2. The highest BCUT2D eigenvalue weighted by Gasteiger charge is 2.18. The Kier molecular flexibility index (Phi) is 2.53. The molecule has 6 nitrogen and oxygen atoms in total. The fourth-order valence-electron chi connectivity index (χ4n) is 1.24. The lowest BCUT2D eigenvalue weighted by Crippen LogP contribution is -2.17. The van der Waals surface area contributed by atoms with Crippen molar-refractivity contribution in [3.05, 3.63) is 34.9 Å².